The van der Waals surface area contributed by atoms with Crippen molar-refractivity contribution >= 4 is 31.0 Å². The van der Waals surface area contributed by atoms with E-state index in [1.54, 1.807) is 0 Å². The first-order valence-corrected chi connectivity index (χ1v) is 7.70. The molecule has 0 saturated carbocycles. The van der Waals surface area contributed by atoms with Crippen LogP contribution in [-0.4, -0.2) is 31.0 Å². The molecule has 2 aromatic carbocycles. The Labute approximate surface area is 138 Å². The smallest absolute Gasteiger partial charge is 1.00 e. The van der Waals surface area contributed by atoms with Crippen LogP contribution in [0.2, 0.25) is 0 Å². The van der Waals surface area contributed by atoms with Crippen LogP contribution in [0, 0.1) is 0 Å². The summed E-state index contributed by atoms with van der Waals surface area (Å²) in [5.41, 5.74) is 0. The van der Waals surface area contributed by atoms with Crippen LogP contribution in [0.25, 0.3) is 10.8 Å². The van der Waals surface area contributed by atoms with Crippen molar-refractivity contribution in [3.05, 3.63) is 30.3 Å². The number of hydrogen-bond acceptors (Lipinski definition) is 5. The van der Waals surface area contributed by atoms with Crippen LogP contribution in [0.5, 0.6) is 5.75 Å². The van der Waals surface area contributed by atoms with Gasteiger partial charge in [0, 0.05) is 16.8 Å². The second-order valence-electron chi connectivity index (χ2n) is 3.72. The van der Waals surface area contributed by atoms with E-state index in [-0.39, 0.29) is 41.8 Å². The molecule has 20 heavy (non-hydrogen) atoms. The molecule has 0 atom stereocenters. The van der Waals surface area contributed by atoms with Gasteiger partial charge in [-0.15, -0.1) is 0 Å². The third-order valence-corrected chi connectivity index (χ3v) is 4.44. The first-order chi connectivity index (χ1) is 8.62. The fourth-order valence-electron chi connectivity index (χ4n) is 1.76. The van der Waals surface area contributed by atoms with Crippen LogP contribution < -0.4 is 29.6 Å². The van der Waals surface area contributed by atoms with Crippen molar-refractivity contribution in [1.29, 1.82) is 0 Å². The van der Waals surface area contributed by atoms with Crippen LogP contribution in [-0.2, 0) is 20.2 Å². The summed E-state index contributed by atoms with van der Waals surface area (Å²) in [4.78, 5) is -2.05. The molecule has 0 heterocycles. The van der Waals surface area contributed by atoms with E-state index in [9.17, 15) is 21.9 Å². The molecule has 2 aromatic rings. The van der Waals surface area contributed by atoms with Gasteiger partial charge in [-0.2, -0.15) is 16.8 Å². The zero-order chi connectivity index (χ0) is 14.4. The zero-order valence-electron chi connectivity index (χ0n) is 11.2. The van der Waals surface area contributed by atoms with Crippen molar-refractivity contribution in [2.45, 2.75) is 9.79 Å². The molecule has 7 nitrogen and oxygen atoms in total. The molecule has 0 spiro atoms. The molecule has 0 aliphatic heterocycles. The fourth-order valence-corrected chi connectivity index (χ4v) is 3.77. The number of phenolic OH excluding ortho intramolecular Hbond substituents is 1. The van der Waals surface area contributed by atoms with Gasteiger partial charge in [0.2, 0.25) is 0 Å². The number of phenols is 1. The van der Waals surface area contributed by atoms with E-state index < -0.39 is 35.8 Å². The normalized spacial score (nSPS) is 12.1. The predicted octanol–water partition coefficient (Wildman–Crippen LogP) is -1.84. The van der Waals surface area contributed by atoms with Gasteiger partial charge in [-0.3, -0.25) is 9.11 Å². The molecule has 0 fully saturated rings. The molecule has 0 bridgehead atoms. The summed E-state index contributed by atoms with van der Waals surface area (Å²) in [6.07, 6.45) is 0. The van der Waals surface area contributed by atoms with E-state index in [1.165, 1.54) is 24.3 Å². The topological polar surface area (TPSA) is 129 Å². The van der Waals surface area contributed by atoms with E-state index in [0.717, 1.165) is 0 Å². The maximum atomic E-state index is 11.3. The molecule has 10 heteroatoms. The average molecular weight is 328 g/mol. The van der Waals surface area contributed by atoms with E-state index in [2.05, 4.69) is 0 Å². The summed E-state index contributed by atoms with van der Waals surface area (Å²) in [5, 5.41) is 9.47. The molecule has 0 amide bonds. The van der Waals surface area contributed by atoms with Gasteiger partial charge in [0.1, 0.15) is 15.5 Å². The van der Waals surface area contributed by atoms with Crippen LogP contribution in [0.4, 0.5) is 0 Å². The Kier molecular flexibility index (Phi) is 4.87. The summed E-state index contributed by atoms with van der Waals surface area (Å²) in [7, 11) is -9.84. The maximum absolute atomic E-state index is 11.3. The van der Waals surface area contributed by atoms with E-state index in [1.807, 2.05) is 0 Å². The SMILES string of the molecule is O=S(=O)(O)c1cc(O)c2ccccc2c1S(=O)(=O)O.[H-].[Na+]. The fraction of sp³-hybridized carbons (Fsp3) is 0. The molecule has 0 aliphatic rings. The maximum Gasteiger partial charge on any atom is 1.00 e. The average Bonchev–Trinajstić information content (AvgIpc) is 2.26. The van der Waals surface area contributed by atoms with Gasteiger partial charge in [-0.25, -0.2) is 0 Å². The molecule has 0 radical (unpaired) electrons. The molecule has 0 aliphatic carbocycles. The Hall–Kier alpha value is -0.680. The van der Waals surface area contributed by atoms with Crippen molar-refractivity contribution in [2.24, 2.45) is 0 Å². The van der Waals surface area contributed by atoms with Crippen molar-refractivity contribution < 1.29 is 62.0 Å². The molecular weight excluding hydrogens is 319 g/mol. The van der Waals surface area contributed by atoms with Gasteiger partial charge < -0.3 is 6.53 Å². The van der Waals surface area contributed by atoms with E-state index >= 15 is 0 Å². The number of fused-ring (bicyclic) bond motifs is 1. The second-order valence-corrected chi connectivity index (χ2v) is 6.47. The van der Waals surface area contributed by atoms with Crippen molar-refractivity contribution in [3.63, 3.8) is 0 Å². The molecular formula is C10H9NaO7S2. The summed E-state index contributed by atoms with van der Waals surface area (Å²) in [6, 6.07) is 5.99. The van der Waals surface area contributed by atoms with Crippen molar-refractivity contribution in [1.82, 2.24) is 0 Å². The third kappa shape index (κ3) is 3.14. The third-order valence-electron chi connectivity index (χ3n) is 2.48. The molecule has 3 N–H and O–H groups in total. The Morgan fingerprint density at radius 2 is 1.40 bits per heavy atom. The molecule has 0 aromatic heterocycles. The molecule has 0 saturated heterocycles. The number of rotatable bonds is 2. The number of hydrogen-bond donors (Lipinski definition) is 3. The first-order valence-electron chi connectivity index (χ1n) is 4.82. The van der Waals surface area contributed by atoms with Gasteiger partial charge >= 0.3 is 29.6 Å². The molecule has 0 unspecified atom stereocenters. The summed E-state index contributed by atoms with van der Waals surface area (Å²) in [6.45, 7) is 0. The van der Waals surface area contributed by atoms with Gasteiger partial charge in [-0.05, 0) is 0 Å². The zero-order valence-corrected chi connectivity index (χ0v) is 13.8. The standard InChI is InChI=1S/C10H8O7S2.Na.H/c11-8-5-9(18(12,13)14)10(19(15,16)17)7-4-2-1-3-6(7)8;;/h1-5,11H,(H,12,13,14)(H,15,16,17);;/q;+1;-1. The largest absolute Gasteiger partial charge is 1.00 e. The van der Waals surface area contributed by atoms with Gasteiger partial charge in [-0.1, -0.05) is 24.3 Å². The predicted molar refractivity (Wildman–Crippen MR) is 66.4 cm³/mol. The summed E-state index contributed by atoms with van der Waals surface area (Å²) < 4.78 is 63.1. The van der Waals surface area contributed by atoms with Crippen molar-refractivity contribution in [3.8, 4) is 5.75 Å². The van der Waals surface area contributed by atoms with E-state index in [4.69, 9.17) is 9.11 Å². The Morgan fingerprint density at radius 1 is 0.900 bits per heavy atom. The Morgan fingerprint density at radius 3 is 1.85 bits per heavy atom. The minimum atomic E-state index is -4.93. The van der Waals surface area contributed by atoms with Crippen LogP contribution in [0.15, 0.2) is 40.1 Å². The number of benzene rings is 2. The van der Waals surface area contributed by atoms with Gasteiger partial charge in [0.15, 0.2) is 0 Å². The van der Waals surface area contributed by atoms with E-state index in [0.29, 0.717) is 6.07 Å². The van der Waals surface area contributed by atoms with Crippen LogP contribution >= 0.6 is 0 Å². The summed E-state index contributed by atoms with van der Waals surface area (Å²) >= 11 is 0. The van der Waals surface area contributed by atoms with Gasteiger partial charge in [0.25, 0.3) is 20.2 Å². The van der Waals surface area contributed by atoms with Crippen molar-refractivity contribution in [2.75, 3.05) is 0 Å². The van der Waals surface area contributed by atoms with Gasteiger partial charge in [0.05, 0.1) is 0 Å². The van der Waals surface area contributed by atoms with Crippen LogP contribution in [0.3, 0.4) is 0 Å². The Balaban J connectivity index is 0.00000200. The second kappa shape index (κ2) is 5.60. The summed E-state index contributed by atoms with van der Waals surface area (Å²) in [5.74, 6) is -0.532. The Bertz CT molecular complexity index is 878. The quantitative estimate of drug-likeness (QED) is 0.436. The first kappa shape index (κ1) is 17.4. The minimum Gasteiger partial charge on any atom is -1.00 e. The number of aromatic hydroxyl groups is 1. The minimum absolute atomic E-state index is 0. The monoisotopic (exact) mass is 328 g/mol. The molecule has 2 rings (SSSR count). The molecule has 104 valence electrons. The van der Waals surface area contributed by atoms with Crippen LogP contribution in [0.1, 0.15) is 1.43 Å².